The highest BCUT2D eigenvalue weighted by atomic mass is 35.5. The number of alkyl halides is 3. The quantitative estimate of drug-likeness (QED) is 0.718. The lowest BCUT2D eigenvalue weighted by Crippen LogP contribution is -2.55. The Kier molecular flexibility index (Phi) is 7.89. The molecule has 0 saturated carbocycles. The number of benzene rings is 1. The van der Waals surface area contributed by atoms with E-state index in [1.165, 1.54) is 0 Å². The van der Waals surface area contributed by atoms with Crippen LogP contribution in [0.2, 0.25) is 5.02 Å². The molecule has 3 N–H and O–H groups in total. The summed E-state index contributed by atoms with van der Waals surface area (Å²) in [4.78, 5) is 21.2. The number of halogens is 4. The summed E-state index contributed by atoms with van der Waals surface area (Å²) in [6.45, 7) is 7.25. The third kappa shape index (κ3) is 6.49. The molecule has 0 spiro atoms. The third-order valence-electron chi connectivity index (χ3n) is 4.19. The molecule has 26 heavy (non-hydrogen) atoms. The van der Waals surface area contributed by atoms with Gasteiger partial charge in [0.15, 0.2) is 0 Å². The van der Waals surface area contributed by atoms with Gasteiger partial charge in [-0.3, -0.25) is 4.79 Å². The van der Waals surface area contributed by atoms with E-state index in [0.717, 1.165) is 18.5 Å². The molecule has 0 bridgehead atoms. The Bertz CT molecular complexity index is 643. The molecule has 3 atom stereocenters. The molecule has 1 heterocycles. The first-order valence-corrected chi connectivity index (χ1v) is 8.41. The number of carbonyl (C=O) groups excluding carboxylic acids is 1. The van der Waals surface area contributed by atoms with Gasteiger partial charge in [-0.2, -0.15) is 13.2 Å². The third-order valence-corrected chi connectivity index (χ3v) is 4.60. The lowest BCUT2D eigenvalue weighted by molar-refractivity contribution is -0.192. The van der Waals surface area contributed by atoms with Crippen molar-refractivity contribution in [2.45, 2.75) is 45.5 Å². The minimum absolute atomic E-state index is 0.0469. The summed E-state index contributed by atoms with van der Waals surface area (Å²) in [5, 5.41) is 14.3. The molecule has 3 unspecified atom stereocenters. The van der Waals surface area contributed by atoms with Gasteiger partial charge in [0.05, 0.1) is 0 Å². The number of carboxylic acid groups (broad SMARTS) is 1. The molecular weight excluding hydrogens is 373 g/mol. The van der Waals surface area contributed by atoms with Gasteiger partial charge in [-0.05, 0) is 50.4 Å². The van der Waals surface area contributed by atoms with Gasteiger partial charge in [0.25, 0.3) is 5.91 Å². The zero-order valence-corrected chi connectivity index (χ0v) is 15.4. The number of nitrogens with one attached hydrogen (secondary N) is 2. The van der Waals surface area contributed by atoms with E-state index in [2.05, 4.69) is 24.5 Å². The highest BCUT2D eigenvalue weighted by Crippen LogP contribution is 2.19. The van der Waals surface area contributed by atoms with Gasteiger partial charge >= 0.3 is 12.1 Å². The molecule has 1 aromatic rings. The second kappa shape index (κ2) is 9.23. The van der Waals surface area contributed by atoms with E-state index >= 15 is 0 Å². The van der Waals surface area contributed by atoms with Gasteiger partial charge < -0.3 is 15.7 Å². The predicted molar refractivity (Wildman–Crippen MR) is 92.4 cm³/mol. The fraction of sp³-hybridized carbons (Fsp3) is 0.529. The maximum absolute atomic E-state index is 12.3. The zero-order chi connectivity index (χ0) is 20.1. The van der Waals surface area contributed by atoms with Crippen molar-refractivity contribution in [3.63, 3.8) is 0 Å². The normalized spacial score (nSPS) is 22.8. The van der Waals surface area contributed by atoms with E-state index in [0.29, 0.717) is 22.5 Å². The largest absolute Gasteiger partial charge is 0.490 e. The monoisotopic (exact) mass is 394 g/mol. The van der Waals surface area contributed by atoms with Crippen LogP contribution in [0.1, 0.15) is 36.2 Å². The molecule has 2 rings (SSSR count). The van der Waals surface area contributed by atoms with Crippen LogP contribution in [-0.2, 0) is 4.79 Å². The fourth-order valence-corrected chi connectivity index (χ4v) is 2.75. The molecule has 5 nitrogen and oxygen atoms in total. The summed E-state index contributed by atoms with van der Waals surface area (Å²) in [6, 6.07) is 5.90. The van der Waals surface area contributed by atoms with Crippen molar-refractivity contribution in [2.24, 2.45) is 5.92 Å². The SMILES string of the molecule is Cc1ccc(C(=O)NC2C(C)CCNC2C)cc1Cl.O=C(O)C(F)(F)F. The molecule has 1 aliphatic rings. The van der Waals surface area contributed by atoms with Gasteiger partial charge in [-0.25, -0.2) is 4.79 Å². The first-order valence-electron chi connectivity index (χ1n) is 8.04. The first kappa shape index (κ1) is 22.2. The topological polar surface area (TPSA) is 78.4 Å². The molecule has 1 amide bonds. The van der Waals surface area contributed by atoms with E-state index in [-0.39, 0.29) is 11.9 Å². The Balaban J connectivity index is 0.000000412. The maximum atomic E-state index is 12.3. The van der Waals surface area contributed by atoms with Crippen LogP contribution in [0.5, 0.6) is 0 Å². The van der Waals surface area contributed by atoms with Gasteiger partial charge in [0.2, 0.25) is 0 Å². The molecule has 1 fully saturated rings. The van der Waals surface area contributed by atoms with Crippen molar-refractivity contribution in [3.05, 3.63) is 34.3 Å². The summed E-state index contributed by atoms with van der Waals surface area (Å²) in [6.07, 6.45) is -4.00. The number of hydrogen-bond acceptors (Lipinski definition) is 3. The van der Waals surface area contributed by atoms with Gasteiger partial charge in [0, 0.05) is 22.7 Å². The van der Waals surface area contributed by atoms with Crippen molar-refractivity contribution in [1.29, 1.82) is 0 Å². The van der Waals surface area contributed by atoms with Gasteiger partial charge in [-0.15, -0.1) is 0 Å². The number of carboxylic acids is 1. The van der Waals surface area contributed by atoms with Crippen LogP contribution < -0.4 is 10.6 Å². The molecule has 1 saturated heterocycles. The first-order chi connectivity index (χ1) is 11.9. The average Bonchev–Trinajstić information content (AvgIpc) is 2.53. The minimum Gasteiger partial charge on any atom is -0.475 e. The minimum atomic E-state index is -5.08. The number of hydrogen-bond donors (Lipinski definition) is 3. The van der Waals surface area contributed by atoms with Crippen LogP contribution in [0.3, 0.4) is 0 Å². The Morgan fingerprint density at radius 3 is 2.35 bits per heavy atom. The second-order valence-electron chi connectivity index (χ2n) is 6.27. The Morgan fingerprint density at radius 1 is 1.31 bits per heavy atom. The molecule has 0 aliphatic carbocycles. The summed E-state index contributed by atoms with van der Waals surface area (Å²) in [5.74, 6) is -2.32. The molecule has 0 radical (unpaired) electrons. The van der Waals surface area contributed by atoms with Crippen LogP contribution >= 0.6 is 11.6 Å². The summed E-state index contributed by atoms with van der Waals surface area (Å²) >= 11 is 6.07. The average molecular weight is 395 g/mol. The highest BCUT2D eigenvalue weighted by Gasteiger charge is 2.38. The fourth-order valence-electron chi connectivity index (χ4n) is 2.57. The van der Waals surface area contributed by atoms with Crippen LogP contribution in [0, 0.1) is 12.8 Å². The van der Waals surface area contributed by atoms with E-state index in [9.17, 15) is 18.0 Å². The summed E-state index contributed by atoms with van der Waals surface area (Å²) in [5.41, 5.74) is 1.61. The Hall–Kier alpha value is -1.80. The van der Waals surface area contributed by atoms with E-state index in [1.54, 1.807) is 6.07 Å². The predicted octanol–water partition coefficient (Wildman–Crippen LogP) is 3.40. The van der Waals surface area contributed by atoms with Crippen molar-refractivity contribution < 1.29 is 27.9 Å². The van der Waals surface area contributed by atoms with E-state index in [1.807, 2.05) is 19.1 Å². The number of carbonyl (C=O) groups is 2. The molecular formula is C17H22ClF3N2O3. The van der Waals surface area contributed by atoms with Crippen LogP contribution in [-0.4, -0.2) is 41.8 Å². The van der Waals surface area contributed by atoms with Crippen molar-refractivity contribution >= 4 is 23.5 Å². The second-order valence-corrected chi connectivity index (χ2v) is 6.68. The molecule has 1 aliphatic heterocycles. The number of piperidine rings is 1. The van der Waals surface area contributed by atoms with Crippen molar-refractivity contribution in [1.82, 2.24) is 10.6 Å². The molecule has 1 aromatic carbocycles. The van der Waals surface area contributed by atoms with Gasteiger partial charge in [-0.1, -0.05) is 24.6 Å². The zero-order valence-electron chi connectivity index (χ0n) is 14.7. The van der Waals surface area contributed by atoms with E-state index in [4.69, 9.17) is 21.5 Å². The molecule has 146 valence electrons. The lowest BCUT2D eigenvalue weighted by Gasteiger charge is -2.36. The Labute approximate surface area is 154 Å². The van der Waals surface area contributed by atoms with Gasteiger partial charge in [0.1, 0.15) is 0 Å². The standard InChI is InChI=1S/C15H21ClN2O.C2HF3O2/c1-9-4-5-12(8-13(9)16)15(19)18-14-10(2)6-7-17-11(14)3;3-2(4,5)1(6)7/h4-5,8,10-11,14,17H,6-7H2,1-3H3,(H,18,19);(H,6,7). The highest BCUT2D eigenvalue weighted by molar-refractivity contribution is 6.31. The Morgan fingerprint density at radius 2 is 1.88 bits per heavy atom. The summed E-state index contributed by atoms with van der Waals surface area (Å²) in [7, 11) is 0. The van der Waals surface area contributed by atoms with Crippen molar-refractivity contribution in [3.8, 4) is 0 Å². The molecule has 0 aromatic heterocycles. The lowest BCUT2D eigenvalue weighted by atomic mass is 9.89. The van der Waals surface area contributed by atoms with E-state index < -0.39 is 12.1 Å². The van der Waals surface area contributed by atoms with Crippen LogP contribution in [0.4, 0.5) is 13.2 Å². The smallest absolute Gasteiger partial charge is 0.475 e. The number of aryl methyl sites for hydroxylation is 1. The number of amides is 1. The number of rotatable bonds is 2. The maximum Gasteiger partial charge on any atom is 0.490 e. The van der Waals surface area contributed by atoms with Crippen molar-refractivity contribution in [2.75, 3.05) is 6.54 Å². The van der Waals surface area contributed by atoms with Crippen LogP contribution in [0.25, 0.3) is 0 Å². The number of aliphatic carboxylic acids is 1. The van der Waals surface area contributed by atoms with Crippen LogP contribution in [0.15, 0.2) is 18.2 Å². The summed E-state index contributed by atoms with van der Waals surface area (Å²) < 4.78 is 31.7. The molecule has 9 heteroatoms.